The van der Waals surface area contributed by atoms with E-state index in [-0.39, 0.29) is 0 Å². The van der Waals surface area contributed by atoms with E-state index >= 15 is 0 Å². The van der Waals surface area contributed by atoms with Crippen LogP contribution in [0.5, 0.6) is 5.75 Å². The lowest BCUT2D eigenvalue weighted by Crippen LogP contribution is -2.16. The van der Waals surface area contributed by atoms with Gasteiger partial charge in [0.25, 0.3) is 0 Å². The molecule has 0 radical (unpaired) electrons. The van der Waals surface area contributed by atoms with Gasteiger partial charge in [-0.15, -0.1) is 11.3 Å². The Bertz CT molecular complexity index is 673. The number of nitrogens with zero attached hydrogens (tertiary/aromatic N) is 1. The van der Waals surface area contributed by atoms with E-state index in [2.05, 4.69) is 40.6 Å². The number of hydrogen-bond acceptors (Lipinski definition) is 4. The van der Waals surface area contributed by atoms with Crippen molar-refractivity contribution in [2.75, 3.05) is 13.7 Å². The van der Waals surface area contributed by atoms with E-state index in [1.165, 1.54) is 10.3 Å². The molecule has 21 heavy (non-hydrogen) atoms. The van der Waals surface area contributed by atoms with E-state index in [0.717, 1.165) is 35.8 Å². The fraction of sp³-hybridized carbons (Fsp3) is 0.235. The third kappa shape index (κ3) is 3.60. The van der Waals surface area contributed by atoms with Crippen molar-refractivity contribution < 1.29 is 4.74 Å². The largest absolute Gasteiger partial charge is 0.497 e. The van der Waals surface area contributed by atoms with Crippen LogP contribution in [0.4, 0.5) is 0 Å². The van der Waals surface area contributed by atoms with Crippen molar-refractivity contribution in [2.24, 2.45) is 0 Å². The lowest BCUT2D eigenvalue weighted by molar-refractivity contribution is 0.414. The summed E-state index contributed by atoms with van der Waals surface area (Å²) in [7, 11) is 1.69. The molecule has 0 aliphatic carbocycles. The number of para-hydroxylation sites is 1. The molecular formula is C17H18N2OS. The molecule has 1 heterocycles. The van der Waals surface area contributed by atoms with Crippen LogP contribution in [-0.2, 0) is 13.0 Å². The Hall–Kier alpha value is -1.91. The maximum absolute atomic E-state index is 5.16. The highest BCUT2D eigenvalue weighted by atomic mass is 32.1. The average molecular weight is 298 g/mol. The molecule has 1 N–H and O–H groups in total. The molecule has 0 saturated carbocycles. The minimum Gasteiger partial charge on any atom is -0.497 e. The first-order chi connectivity index (χ1) is 10.3. The molecule has 2 aromatic carbocycles. The fourth-order valence-electron chi connectivity index (χ4n) is 2.22. The van der Waals surface area contributed by atoms with E-state index in [9.17, 15) is 0 Å². The number of thiazole rings is 1. The Kier molecular flexibility index (Phi) is 4.48. The van der Waals surface area contributed by atoms with Crippen LogP contribution in [0.1, 0.15) is 10.6 Å². The van der Waals surface area contributed by atoms with Gasteiger partial charge in [0.15, 0.2) is 0 Å². The Balaban J connectivity index is 1.49. The summed E-state index contributed by atoms with van der Waals surface area (Å²) in [6.07, 6.45) is 1.01. The minimum absolute atomic E-state index is 0.829. The predicted octanol–water partition coefficient (Wildman–Crippen LogP) is 3.64. The van der Waals surface area contributed by atoms with Gasteiger partial charge in [0.05, 0.1) is 17.3 Å². The third-order valence-corrected chi connectivity index (χ3v) is 4.40. The molecule has 3 aromatic rings. The van der Waals surface area contributed by atoms with Crippen molar-refractivity contribution in [2.45, 2.75) is 13.0 Å². The first kappa shape index (κ1) is 14.0. The minimum atomic E-state index is 0.829. The van der Waals surface area contributed by atoms with Gasteiger partial charge in [-0.1, -0.05) is 24.3 Å². The molecule has 0 aliphatic heterocycles. The highest BCUT2D eigenvalue weighted by molar-refractivity contribution is 7.18. The maximum atomic E-state index is 5.16. The van der Waals surface area contributed by atoms with Crippen LogP contribution in [0.2, 0.25) is 0 Å². The Morgan fingerprint density at radius 2 is 1.90 bits per heavy atom. The average Bonchev–Trinajstić information content (AvgIpc) is 2.95. The first-order valence-electron chi connectivity index (χ1n) is 7.03. The molecule has 3 rings (SSSR count). The summed E-state index contributed by atoms with van der Waals surface area (Å²) >= 11 is 1.76. The SMILES string of the molecule is COc1ccc(CCNCc2nc3ccccc3s2)cc1. The molecule has 0 fully saturated rings. The molecule has 1 aromatic heterocycles. The lowest BCUT2D eigenvalue weighted by atomic mass is 10.1. The summed E-state index contributed by atoms with van der Waals surface area (Å²) in [6.45, 7) is 1.78. The number of benzene rings is 2. The molecule has 0 atom stereocenters. The second kappa shape index (κ2) is 6.70. The number of hydrogen-bond donors (Lipinski definition) is 1. The van der Waals surface area contributed by atoms with E-state index in [1.54, 1.807) is 18.4 Å². The van der Waals surface area contributed by atoms with Gasteiger partial charge in [-0.05, 0) is 42.8 Å². The smallest absolute Gasteiger partial charge is 0.118 e. The van der Waals surface area contributed by atoms with Crippen molar-refractivity contribution in [1.29, 1.82) is 0 Å². The third-order valence-electron chi connectivity index (χ3n) is 3.36. The second-order valence-corrected chi connectivity index (χ2v) is 5.97. The van der Waals surface area contributed by atoms with Gasteiger partial charge in [-0.2, -0.15) is 0 Å². The fourth-order valence-corrected chi connectivity index (χ4v) is 3.15. The van der Waals surface area contributed by atoms with Crippen LogP contribution >= 0.6 is 11.3 Å². The van der Waals surface area contributed by atoms with Crippen LogP contribution in [-0.4, -0.2) is 18.6 Å². The van der Waals surface area contributed by atoms with E-state index in [4.69, 9.17) is 4.74 Å². The van der Waals surface area contributed by atoms with E-state index in [0.29, 0.717) is 0 Å². The molecule has 0 spiro atoms. The van der Waals surface area contributed by atoms with Crippen LogP contribution in [0.15, 0.2) is 48.5 Å². The number of aromatic nitrogens is 1. The summed E-state index contributed by atoms with van der Waals surface area (Å²) in [5, 5.41) is 4.60. The van der Waals surface area contributed by atoms with Crippen LogP contribution in [0, 0.1) is 0 Å². The number of fused-ring (bicyclic) bond motifs is 1. The number of methoxy groups -OCH3 is 1. The Morgan fingerprint density at radius 1 is 1.10 bits per heavy atom. The molecule has 0 unspecified atom stereocenters. The maximum Gasteiger partial charge on any atom is 0.118 e. The topological polar surface area (TPSA) is 34.1 Å². The summed E-state index contributed by atoms with van der Waals surface area (Å²) in [6, 6.07) is 16.5. The van der Waals surface area contributed by atoms with Crippen LogP contribution in [0.3, 0.4) is 0 Å². The number of nitrogens with one attached hydrogen (secondary N) is 1. The first-order valence-corrected chi connectivity index (χ1v) is 7.85. The van der Waals surface area contributed by atoms with Gasteiger partial charge in [-0.25, -0.2) is 4.98 Å². The highest BCUT2D eigenvalue weighted by Crippen LogP contribution is 2.21. The van der Waals surface area contributed by atoms with E-state index in [1.807, 2.05) is 18.2 Å². The molecule has 4 heteroatoms. The quantitative estimate of drug-likeness (QED) is 0.706. The van der Waals surface area contributed by atoms with Crippen molar-refractivity contribution >= 4 is 21.6 Å². The highest BCUT2D eigenvalue weighted by Gasteiger charge is 2.02. The summed E-state index contributed by atoms with van der Waals surface area (Å²) < 4.78 is 6.41. The van der Waals surface area contributed by atoms with Crippen molar-refractivity contribution in [3.8, 4) is 5.75 Å². The lowest BCUT2D eigenvalue weighted by Gasteiger charge is -2.04. The monoisotopic (exact) mass is 298 g/mol. The van der Waals surface area contributed by atoms with Crippen LogP contribution in [0.25, 0.3) is 10.2 Å². The predicted molar refractivity (Wildman–Crippen MR) is 88.0 cm³/mol. The van der Waals surface area contributed by atoms with Gasteiger partial charge in [0, 0.05) is 6.54 Å². The van der Waals surface area contributed by atoms with Gasteiger partial charge in [0.2, 0.25) is 0 Å². The zero-order valence-corrected chi connectivity index (χ0v) is 12.8. The Labute approximate surface area is 128 Å². The summed E-state index contributed by atoms with van der Waals surface area (Å²) in [5.41, 5.74) is 2.40. The number of ether oxygens (including phenoxy) is 1. The molecule has 0 amide bonds. The number of rotatable bonds is 6. The Morgan fingerprint density at radius 3 is 2.67 bits per heavy atom. The summed E-state index contributed by atoms with van der Waals surface area (Å²) in [5.74, 6) is 0.904. The van der Waals surface area contributed by atoms with Gasteiger partial charge >= 0.3 is 0 Å². The van der Waals surface area contributed by atoms with E-state index < -0.39 is 0 Å². The summed E-state index contributed by atoms with van der Waals surface area (Å²) in [4.78, 5) is 4.62. The van der Waals surface area contributed by atoms with Gasteiger partial charge in [0.1, 0.15) is 10.8 Å². The molecule has 3 nitrogen and oxygen atoms in total. The molecule has 0 aliphatic rings. The zero-order chi connectivity index (χ0) is 14.5. The van der Waals surface area contributed by atoms with Crippen molar-refractivity contribution in [3.63, 3.8) is 0 Å². The standard InChI is InChI=1S/C17H18N2OS/c1-20-14-8-6-13(7-9-14)10-11-18-12-17-19-15-4-2-3-5-16(15)21-17/h2-9,18H,10-12H2,1H3. The van der Waals surface area contributed by atoms with Gasteiger partial charge in [-0.3, -0.25) is 0 Å². The van der Waals surface area contributed by atoms with Gasteiger partial charge < -0.3 is 10.1 Å². The molecule has 0 bridgehead atoms. The zero-order valence-electron chi connectivity index (χ0n) is 12.0. The van der Waals surface area contributed by atoms with Crippen molar-refractivity contribution in [3.05, 3.63) is 59.1 Å². The molecule has 108 valence electrons. The molecular weight excluding hydrogens is 280 g/mol. The van der Waals surface area contributed by atoms with Crippen molar-refractivity contribution in [1.82, 2.24) is 10.3 Å². The van der Waals surface area contributed by atoms with Crippen LogP contribution < -0.4 is 10.1 Å². The molecule has 0 saturated heterocycles. The normalized spacial score (nSPS) is 10.9. The second-order valence-electron chi connectivity index (χ2n) is 4.85.